The number of nitrogens with zero attached hydrogens (tertiary/aromatic N) is 2. The lowest BCUT2D eigenvalue weighted by Gasteiger charge is -2.21. The van der Waals surface area contributed by atoms with Gasteiger partial charge >= 0.3 is 5.97 Å². The molecule has 102 valence electrons. The number of esters is 1. The molecule has 1 aromatic heterocycles. The molecule has 1 atom stereocenters. The summed E-state index contributed by atoms with van der Waals surface area (Å²) in [6.07, 6.45) is 2.02. The summed E-state index contributed by atoms with van der Waals surface area (Å²) in [5.74, 6) is 0.505. The highest BCUT2D eigenvalue weighted by atomic mass is 16.5. The van der Waals surface area contributed by atoms with Crippen molar-refractivity contribution in [2.24, 2.45) is 0 Å². The second kappa shape index (κ2) is 5.22. The van der Waals surface area contributed by atoms with Crippen molar-refractivity contribution in [1.29, 1.82) is 0 Å². The fraction of sp³-hybridized carbons (Fsp3) is 0.615. The van der Waals surface area contributed by atoms with E-state index in [-0.39, 0.29) is 11.9 Å². The number of methoxy groups -OCH3 is 1. The van der Waals surface area contributed by atoms with Gasteiger partial charge in [0.25, 0.3) is 0 Å². The molecule has 19 heavy (non-hydrogen) atoms. The molecule has 0 radical (unpaired) electrons. The van der Waals surface area contributed by atoms with Gasteiger partial charge in [0.15, 0.2) is 5.69 Å². The molecule has 1 fully saturated rings. The van der Waals surface area contributed by atoms with Gasteiger partial charge in [0.2, 0.25) is 0 Å². The number of nitrogens with one attached hydrogen (secondary N) is 1. The predicted octanol–water partition coefficient (Wildman–Crippen LogP) is 0.760. The van der Waals surface area contributed by atoms with E-state index < -0.39 is 0 Å². The molecule has 6 heteroatoms. The number of ether oxygens (including phenoxy) is 2. The van der Waals surface area contributed by atoms with Gasteiger partial charge < -0.3 is 14.8 Å². The smallest absolute Gasteiger partial charge is 0.357 e. The maximum Gasteiger partial charge on any atom is 0.357 e. The van der Waals surface area contributed by atoms with Crippen molar-refractivity contribution in [2.45, 2.75) is 31.8 Å². The Morgan fingerprint density at radius 3 is 3.05 bits per heavy atom. The molecule has 1 unspecified atom stereocenters. The lowest BCUT2D eigenvalue weighted by Crippen LogP contribution is -2.21. The molecule has 0 aromatic carbocycles. The molecular formula is C13H17N3O3. The average molecular weight is 263 g/mol. The Bertz CT molecular complexity index is 498. The lowest BCUT2D eigenvalue weighted by atomic mass is 10.0. The maximum absolute atomic E-state index is 11.8. The largest absolute Gasteiger partial charge is 0.464 e. The first-order chi connectivity index (χ1) is 9.29. The first kappa shape index (κ1) is 12.5. The van der Waals surface area contributed by atoms with E-state index >= 15 is 0 Å². The predicted molar refractivity (Wildman–Crippen MR) is 66.7 cm³/mol. The number of fused-ring (bicyclic) bond motifs is 1. The molecule has 0 amide bonds. The normalized spacial score (nSPS) is 22.1. The molecule has 0 spiro atoms. The van der Waals surface area contributed by atoms with Crippen LogP contribution >= 0.6 is 0 Å². The Hall–Kier alpha value is -1.53. The van der Waals surface area contributed by atoms with Gasteiger partial charge in [-0.2, -0.15) is 0 Å². The molecular weight excluding hydrogens is 246 g/mol. The maximum atomic E-state index is 11.8. The summed E-state index contributed by atoms with van der Waals surface area (Å²) in [5.41, 5.74) is 2.18. The first-order valence-corrected chi connectivity index (χ1v) is 6.56. The molecule has 1 N–H and O–H groups in total. The van der Waals surface area contributed by atoms with Gasteiger partial charge in [-0.3, -0.25) is 0 Å². The third-order valence-electron chi connectivity index (χ3n) is 3.61. The molecule has 0 aliphatic carbocycles. The number of carbonyl (C=O) groups is 1. The van der Waals surface area contributed by atoms with Crippen LogP contribution in [0.5, 0.6) is 0 Å². The average Bonchev–Trinajstić information content (AvgIpc) is 2.94. The highest BCUT2D eigenvalue weighted by molar-refractivity contribution is 5.89. The molecule has 2 aliphatic rings. The quantitative estimate of drug-likeness (QED) is 0.794. The highest BCUT2D eigenvalue weighted by Crippen LogP contribution is 2.26. The summed E-state index contributed by atoms with van der Waals surface area (Å²) < 4.78 is 10.3. The summed E-state index contributed by atoms with van der Waals surface area (Å²) in [6.45, 7) is 2.74. The Labute approximate surface area is 111 Å². The van der Waals surface area contributed by atoms with E-state index in [4.69, 9.17) is 9.47 Å². The van der Waals surface area contributed by atoms with Gasteiger partial charge in [-0.15, -0.1) is 0 Å². The number of aromatic nitrogens is 2. The molecule has 0 bridgehead atoms. The Morgan fingerprint density at radius 1 is 1.42 bits per heavy atom. The molecule has 0 saturated carbocycles. The van der Waals surface area contributed by atoms with Gasteiger partial charge in [0.1, 0.15) is 5.82 Å². The van der Waals surface area contributed by atoms with Gasteiger partial charge in [-0.1, -0.05) is 0 Å². The van der Waals surface area contributed by atoms with Crippen molar-refractivity contribution in [3.8, 4) is 0 Å². The van der Waals surface area contributed by atoms with Crippen LogP contribution < -0.4 is 5.32 Å². The van der Waals surface area contributed by atoms with E-state index in [0.29, 0.717) is 31.2 Å². The Kier molecular flexibility index (Phi) is 3.44. The zero-order chi connectivity index (χ0) is 13.2. The molecule has 3 heterocycles. The van der Waals surface area contributed by atoms with Crippen LogP contribution in [0.15, 0.2) is 0 Å². The fourth-order valence-electron chi connectivity index (χ4n) is 2.58. The van der Waals surface area contributed by atoms with Crippen LogP contribution in [-0.4, -0.2) is 36.3 Å². The van der Waals surface area contributed by atoms with Gasteiger partial charge in [0.05, 0.1) is 19.4 Å². The van der Waals surface area contributed by atoms with Gasteiger partial charge in [-0.05, 0) is 12.8 Å². The van der Waals surface area contributed by atoms with Crippen molar-refractivity contribution in [1.82, 2.24) is 15.3 Å². The Balaban J connectivity index is 1.99. The van der Waals surface area contributed by atoms with Crippen molar-refractivity contribution in [3.63, 3.8) is 0 Å². The van der Waals surface area contributed by atoms with Crippen molar-refractivity contribution in [2.75, 3.05) is 20.3 Å². The summed E-state index contributed by atoms with van der Waals surface area (Å²) in [7, 11) is 1.38. The lowest BCUT2D eigenvalue weighted by molar-refractivity contribution is 0.0588. The second-order valence-electron chi connectivity index (χ2n) is 4.86. The molecule has 3 rings (SSSR count). The van der Waals surface area contributed by atoms with E-state index in [1.165, 1.54) is 7.11 Å². The van der Waals surface area contributed by atoms with Crippen LogP contribution in [0.4, 0.5) is 0 Å². The van der Waals surface area contributed by atoms with Crippen LogP contribution in [0.3, 0.4) is 0 Å². The monoisotopic (exact) mass is 263 g/mol. The summed E-state index contributed by atoms with van der Waals surface area (Å²) >= 11 is 0. The number of hydrogen-bond donors (Lipinski definition) is 1. The number of rotatable bonds is 2. The third kappa shape index (κ3) is 2.33. The van der Waals surface area contributed by atoms with Gasteiger partial charge in [0, 0.05) is 31.2 Å². The topological polar surface area (TPSA) is 73.3 Å². The van der Waals surface area contributed by atoms with Crippen LogP contribution in [0, 0.1) is 0 Å². The van der Waals surface area contributed by atoms with Crippen LogP contribution in [0.25, 0.3) is 0 Å². The van der Waals surface area contributed by atoms with Crippen LogP contribution in [-0.2, 0) is 22.6 Å². The minimum absolute atomic E-state index is 0.183. The van der Waals surface area contributed by atoms with Crippen LogP contribution in [0.1, 0.15) is 46.3 Å². The molecule has 1 saturated heterocycles. The minimum atomic E-state index is -0.389. The SMILES string of the molecule is COC(=O)c1nc(C2CCCOC2)nc2c1CNC2. The first-order valence-electron chi connectivity index (χ1n) is 6.56. The van der Waals surface area contributed by atoms with E-state index in [2.05, 4.69) is 15.3 Å². The van der Waals surface area contributed by atoms with E-state index in [9.17, 15) is 4.79 Å². The van der Waals surface area contributed by atoms with Crippen molar-refractivity contribution >= 4 is 5.97 Å². The van der Waals surface area contributed by atoms with E-state index in [1.54, 1.807) is 0 Å². The zero-order valence-corrected chi connectivity index (χ0v) is 10.9. The fourth-order valence-corrected chi connectivity index (χ4v) is 2.58. The van der Waals surface area contributed by atoms with Crippen molar-refractivity contribution < 1.29 is 14.3 Å². The minimum Gasteiger partial charge on any atom is -0.464 e. The Morgan fingerprint density at radius 2 is 2.32 bits per heavy atom. The molecule has 6 nitrogen and oxygen atoms in total. The summed E-state index contributed by atoms with van der Waals surface area (Å²) in [6, 6.07) is 0. The van der Waals surface area contributed by atoms with Crippen LogP contribution in [0.2, 0.25) is 0 Å². The molecule has 2 aliphatic heterocycles. The second-order valence-corrected chi connectivity index (χ2v) is 4.86. The number of hydrogen-bond acceptors (Lipinski definition) is 6. The van der Waals surface area contributed by atoms with E-state index in [1.807, 2.05) is 0 Å². The molecule has 1 aromatic rings. The van der Waals surface area contributed by atoms with E-state index in [0.717, 1.165) is 30.7 Å². The van der Waals surface area contributed by atoms with Gasteiger partial charge in [-0.25, -0.2) is 14.8 Å². The zero-order valence-electron chi connectivity index (χ0n) is 10.9. The summed E-state index contributed by atoms with van der Waals surface area (Å²) in [5, 5.41) is 3.20. The third-order valence-corrected chi connectivity index (χ3v) is 3.61. The summed E-state index contributed by atoms with van der Waals surface area (Å²) in [4.78, 5) is 20.9. The van der Waals surface area contributed by atoms with Crippen molar-refractivity contribution in [3.05, 3.63) is 22.8 Å². The standard InChI is InChI=1S/C13H17N3O3/c1-18-13(17)11-9-5-14-6-10(9)15-12(16-11)8-3-2-4-19-7-8/h8,14H,2-7H2,1H3. The highest BCUT2D eigenvalue weighted by Gasteiger charge is 2.27. The number of carbonyl (C=O) groups excluding carboxylic acids is 1.